The molecule has 7 aliphatic carbocycles. The Kier molecular flexibility index (Phi) is 7.75. The molecule has 7 aliphatic rings. The van der Waals surface area contributed by atoms with Crippen LogP contribution in [0, 0.1) is 47.3 Å². The molecule has 14 rings (SSSR count). The van der Waals surface area contributed by atoms with Crippen molar-refractivity contribution in [2.24, 2.45) is 47.3 Å². The monoisotopic (exact) mass is 735 g/mol. The molecule has 7 saturated carbocycles. The van der Waals surface area contributed by atoms with E-state index in [-0.39, 0.29) is 5.41 Å². The minimum absolute atomic E-state index is 0.131. The number of anilines is 3. The predicted octanol–water partition coefficient (Wildman–Crippen LogP) is 14.4. The van der Waals surface area contributed by atoms with Crippen LogP contribution in [0.4, 0.5) is 17.1 Å². The number of rotatable bonds is 8. The van der Waals surface area contributed by atoms with Crippen LogP contribution in [0.25, 0.3) is 33.4 Å². The maximum atomic E-state index is 2.55. The summed E-state index contributed by atoms with van der Waals surface area (Å²) in [5, 5.41) is 0. The standard InChI is InChI=1S/C56H49N/c1-4-11-38(12-5-1)40-21-27-47(28-22-40)57(48-29-23-41(24-30-48)39-13-6-2-7-14-39)49-18-10-15-43(34-49)42-19-25-45(26-20-42)56(44-16-8-3-9-17-44)46-35-51-50-31-37-32-53(51)55(56)54(33-37)52(50)36-46/h1-30,34,37,46,50-55H,31-33,35-36H2. The smallest absolute Gasteiger partial charge is 0.0467 e. The van der Waals surface area contributed by atoms with Gasteiger partial charge < -0.3 is 4.90 Å². The second-order valence-electron chi connectivity index (χ2n) is 18.1. The van der Waals surface area contributed by atoms with E-state index in [1.165, 1.54) is 59.1 Å². The largest absolute Gasteiger partial charge is 0.310 e. The highest BCUT2D eigenvalue weighted by Crippen LogP contribution is 2.77. The lowest BCUT2D eigenvalue weighted by Crippen LogP contribution is -2.70. The van der Waals surface area contributed by atoms with Gasteiger partial charge in [0.2, 0.25) is 0 Å². The summed E-state index contributed by atoms with van der Waals surface area (Å²) >= 11 is 0. The lowest BCUT2D eigenvalue weighted by atomic mass is 9.29. The van der Waals surface area contributed by atoms with Crippen LogP contribution in [0.15, 0.2) is 188 Å². The Morgan fingerprint density at radius 1 is 0.333 bits per heavy atom. The molecule has 0 amide bonds. The molecule has 5 unspecified atom stereocenters. The van der Waals surface area contributed by atoms with E-state index >= 15 is 0 Å². The van der Waals surface area contributed by atoms with Crippen LogP contribution < -0.4 is 4.90 Å². The fourth-order valence-corrected chi connectivity index (χ4v) is 13.8. The summed E-state index contributed by atoms with van der Waals surface area (Å²) in [6.45, 7) is 0. The van der Waals surface area contributed by atoms with Gasteiger partial charge in [-0.15, -0.1) is 0 Å². The first kappa shape index (κ1) is 33.5. The summed E-state index contributed by atoms with van der Waals surface area (Å²) in [6.07, 6.45) is 7.40. The van der Waals surface area contributed by atoms with Gasteiger partial charge in [0.05, 0.1) is 0 Å². The summed E-state index contributed by atoms with van der Waals surface area (Å²) in [6, 6.07) is 70.4. The Bertz CT molecular complexity index is 2420. The Morgan fingerprint density at radius 2 is 0.754 bits per heavy atom. The first-order valence-corrected chi connectivity index (χ1v) is 21.6. The highest BCUT2D eigenvalue weighted by Gasteiger charge is 2.71. The first-order valence-electron chi connectivity index (χ1n) is 21.6. The SMILES string of the molecule is c1ccc(-c2ccc(N(c3ccc(-c4ccccc4)cc3)c3cccc(-c4ccc(C5(c6ccccc6)C6CC7C8CC9CC7C5C(C9)C8C6)cc4)c3)cc2)cc1. The molecule has 0 N–H and O–H groups in total. The minimum atomic E-state index is 0.131. The van der Waals surface area contributed by atoms with Gasteiger partial charge in [-0.25, -0.2) is 0 Å². The molecule has 1 nitrogen and oxygen atoms in total. The van der Waals surface area contributed by atoms with Crippen molar-refractivity contribution in [3.63, 3.8) is 0 Å². The zero-order valence-corrected chi connectivity index (χ0v) is 32.5. The van der Waals surface area contributed by atoms with Crippen molar-refractivity contribution in [2.75, 3.05) is 4.90 Å². The van der Waals surface area contributed by atoms with Crippen LogP contribution in [0.2, 0.25) is 0 Å². The lowest BCUT2D eigenvalue weighted by molar-refractivity contribution is -0.232. The predicted molar refractivity (Wildman–Crippen MR) is 236 cm³/mol. The van der Waals surface area contributed by atoms with Crippen molar-refractivity contribution < 1.29 is 0 Å². The van der Waals surface area contributed by atoms with Crippen molar-refractivity contribution in [1.29, 1.82) is 0 Å². The lowest BCUT2D eigenvalue weighted by Gasteiger charge is -2.75. The molecule has 7 aromatic rings. The second-order valence-corrected chi connectivity index (χ2v) is 18.1. The Hall–Kier alpha value is -5.66. The maximum absolute atomic E-state index is 2.55. The van der Waals surface area contributed by atoms with Crippen molar-refractivity contribution >= 4 is 17.1 Å². The van der Waals surface area contributed by atoms with Crippen molar-refractivity contribution in [2.45, 2.75) is 37.5 Å². The zero-order valence-electron chi connectivity index (χ0n) is 32.5. The number of hydrogen-bond donors (Lipinski definition) is 0. The number of hydrogen-bond acceptors (Lipinski definition) is 1. The maximum Gasteiger partial charge on any atom is 0.0467 e. The molecule has 278 valence electrons. The van der Waals surface area contributed by atoms with Crippen LogP contribution in [-0.2, 0) is 5.41 Å². The molecule has 0 heterocycles. The highest BCUT2D eigenvalue weighted by atomic mass is 15.1. The minimum Gasteiger partial charge on any atom is -0.310 e. The Balaban J connectivity index is 0.921. The fourth-order valence-electron chi connectivity index (χ4n) is 13.8. The fraction of sp³-hybridized carbons (Fsp3) is 0.250. The molecule has 1 heteroatoms. The van der Waals surface area contributed by atoms with Crippen LogP contribution in [0.3, 0.4) is 0 Å². The third kappa shape index (κ3) is 5.20. The number of benzene rings is 7. The summed E-state index contributed by atoms with van der Waals surface area (Å²) < 4.78 is 0. The van der Waals surface area contributed by atoms with Crippen molar-refractivity contribution in [3.05, 3.63) is 199 Å². The quantitative estimate of drug-likeness (QED) is 0.150. The van der Waals surface area contributed by atoms with Crippen LogP contribution >= 0.6 is 0 Å². The normalized spacial score (nSPS) is 28.8. The van der Waals surface area contributed by atoms with Crippen molar-refractivity contribution in [3.8, 4) is 33.4 Å². The Morgan fingerprint density at radius 3 is 1.32 bits per heavy atom. The van der Waals surface area contributed by atoms with Gasteiger partial charge in [-0.05, 0) is 160 Å². The van der Waals surface area contributed by atoms with Gasteiger partial charge >= 0.3 is 0 Å². The van der Waals surface area contributed by atoms with Gasteiger partial charge in [-0.2, -0.15) is 0 Å². The van der Waals surface area contributed by atoms with E-state index in [4.69, 9.17) is 0 Å². The van der Waals surface area contributed by atoms with E-state index in [9.17, 15) is 0 Å². The first-order chi connectivity index (χ1) is 28.2. The molecule has 0 spiro atoms. The number of nitrogens with zero attached hydrogens (tertiary/aromatic N) is 1. The van der Waals surface area contributed by atoms with E-state index < -0.39 is 0 Å². The van der Waals surface area contributed by atoms with Gasteiger partial charge in [-0.1, -0.05) is 152 Å². The third-order valence-electron chi connectivity index (χ3n) is 15.7. The topological polar surface area (TPSA) is 3.24 Å². The van der Waals surface area contributed by atoms with Gasteiger partial charge in [-0.3, -0.25) is 0 Å². The average Bonchev–Trinajstić information content (AvgIpc) is 3.29. The molecule has 0 radical (unpaired) electrons. The molecule has 57 heavy (non-hydrogen) atoms. The van der Waals surface area contributed by atoms with Crippen molar-refractivity contribution in [1.82, 2.24) is 0 Å². The van der Waals surface area contributed by atoms with E-state index in [0.29, 0.717) is 0 Å². The van der Waals surface area contributed by atoms with Crippen LogP contribution in [0.5, 0.6) is 0 Å². The highest BCUT2D eigenvalue weighted by molar-refractivity contribution is 5.82. The van der Waals surface area contributed by atoms with Crippen LogP contribution in [-0.4, -0.2) is 0 Å². The molecular weight excluding hydrogens is 687 g/mol. The summed E-state index contributed by atoms with van der Waals surface area (Å²) in [5.74, 6) is 7.36. The van der Waals surface area contributed by atoms with E-state index in [2.05, 4.69) is 193 Å². The summed E-state index contributed by atoms with van der Waals surface area (Å²) in [7, 11) is 0. The zero-order chi connectivity index (χ0) is 37.5. The van der Waals surface area contributed by atoms with E-state index in [0.717, 1.165) is 64.4 Å². The van der Waals surface area contributed by atoms with E-state index in [1.807, 2.05) is 0 Å². The average molecular weight is 736 g/mol. The third-order valence-corrected chi connectivity index (χ3v) is 15.7. The molecule has 0 saturated heterocycles. The summed E-state index contributed by atoms with van der Waals surface area (Å²) in [4.78, 5) is 2.41. The second kappa shape index (κ2) is 13.2. The molecular formula is C56H49N. The van der Waals surface area contributed by atoms with Gasteiger partial charge in [0.15, 0.2) is 0 Å². The molecule has 0 aromatic heterocycles. The molecule has 5 atom stereocenters. The molecule has 0 aliphatic heterocycles. The van der Waals surface area contributed by atoms with Gasteiger partial charge in [0.1, 0.15) is 0 Å². The summed E-state index contributed by atoms with van der Waals surface area (Å²) in [5.41, 5.74) is 14.2. The van der Waals surface area contributed by atoms with Gasteiger partial charge in [0.25, 0.3) is 0 Å². The van der Waals surface area contributed by atoms with E-state index in [1.54, 1.807) is 17.5 Å². The molecule has 8 bridgehead atoms. The van der Waals surface area contributed by atoms with Gasteiger partial charge in [0, 0.05) is 22.5 Å². The molecule has 7 fully saturated rings. The molecule has 7 aromatic carbocycles. The van der Waals surface area contributed by atoms with Crippen LogP contribution in [0.1, 0.15) is 43.2 Å². The Labute approximate surface area is 338 Å².